The number of sulfone groups is 1. The number of furan rings is 1. The molecule has 1 saturated heterocycles. The molecular formula is C20H18N2O3S. The summed E-state index contributed by atoms with van der Waals surface area (Å²) in [6, 6.07) is 15.1. The van der Waals surface area contributed by atoms with Crippen LogP contribution in [0.2, 0.25) is 0 Å². The highest BCUT2D eigenvalue weighted by atomic mass is 32.2. The molecule has 2 atom stereocenters. The van der Waals surface area contributed by atoms with Crippen molar-refractivity contribution < 1.29 is 12.8 Å². The molecule has 0 bridgehead atoms. The van der Waals surface area contributed by atoms with E-state index in [1.165, 1.54) is 0 Å². The molecule has 2 unspecified atom stereocenters. The lowest BCUT2D eigenvalue weighted by Gasteiger charge is -2.16. The number of nitrogens with zero attached hydrogens (tertiary/aromatic N) is 2. The van der Waals surface area contributed by atoms with Crippen LogP contribution < -0.4 is 0 Å². The quantitative estimate of drug-likeness (QED) is 0.713. The van der Waals surface area contributed by atoms with E-state index in [4.69, 9.17) is 4.42 Å². The van der Waals surface area contributed by atoms with Crippen LogP contribution in [0.3, 0.4) is 0 Å². The van der Waals surface area contributed by atoms with E-state index in [2.05, 4.69) is 9.88 Å². The molecule has 0 spiro atoms. The normalized spacial score (nSPS) is 23.7. The van der Waals surface area contributed by atoms with Gasteiger partial charge >= 0.3 is 0 Å². The van der Waals surface area contributed by atoms with E-state index in [0.29, 0.717) is 18.0 Å². The van der Waals surface area contributed by atoms with Gasteiger partial charge in [-0.15, -0.1) is 0 Å². The fourth-order valence-corrected chi connectivity index (χ4v) is 6.37. The number of pyridine rings is 1. The lowest BCUT2D eigenvalue weighted by atomic mass is 9.96. The van der Waals surface area contributed by atoms with Crippen molar-refractivity contribution in [2.75, 3.05) is 13.1 Å². The van der Waals surface area contributed by atoms with Gasteiger partial charge in [0.1, 0.15) is 5.76 Å². The van der Waals surface area contributed by atoms with Crippen LogP contribution in [0.1, 0.15) is 17.2 Å². The number of fused-ring (bicyclic) bond motifs is 3. The zero-order valence-electron chi connectivity index (χ0n) is 14.1. The molecule has 3 aromatic rings. The van der Waals surface area contributed by atoms with E-state index >= 15 is 0 Å². The predicted molar refractivity (Wildman–Crippen MR) is 97.4 cm³/mol. The summed E-state index contributed by atoms with van der Waals surface area (Å²) in [5.74, 6) is 0.769. The molecule has 0 amide bonds. The van der Waals surface area contributed by atoms with E-state index in [0.717, 1.165) is 29.1 Å². The SMILES string of the molecule is O=S1(=O)c2ccc(-c3ccco3)cc2C2CN(Cc3ccccn3)CC21. The fraction of sp³-hybridized carbons (Fsp3) is 0.250. The third-order valence-electron chi connectivity index (χ3n) is 5.37. The van der Waals surface area contributed by atoms with Gasteiger partial charge in [0.05, 0.1) is 22.1 Å². The van der Waals surface area contributed by atoms with Gasteiger partial charge in [-0.05, 0) is 48.0 Å². The van der Waals surface area contributed by atoms with Crippen LogP contribution in [-0.2, 0) is 16.4 Å². The summed E-state index contributed by atoms with van der Waals surface area (Å²) >= 11 is 0. The second kappa shape index (κ2) is 5.79. The highest BCUT2D eigenvalue weighted by Gasteiger charge is 2.50. The summed E-state index contributed by atoms with van der Waals surface area (Å²) in [7, 11) is -3.29. The highest BCUT2D eigenvalue weighted by molar-refractivity contribution is 7.92. The minimum Gasteiger partial charge on any atom is -0.464 e. The Morgan fingerprint density at radius 1 is 1.12 bits per heavy atom. The van der Waals surface area contributed by atoms with Gasteiger partial charge in [0.25, 0.3) is 0 Å². The molecule has 0 N–H and O–H groups in total. The number of hydrogen-bond donors (Lipinski definition) is 0. The first-order chi connectivity index (χ1) is 12.6. The summed E-state index contributed by atoms with van der Waals surface area (Å²) in [6.45, 7) is 1.96. The summed E-state index contributed by atoms with van der Waals surface area (Å²) in [5.41, 5.74) is 2.81. The summed E-state index contributed by atoms with van der Waals surface area (Å²) in [6.07, 6.45) is 3.40. The van der Waals surface area contributed by atoms with Crippen molar-refractivity contribution >= 4 is 9.84 Å². The van der Waals surface area contributed by atoms with Crippen LogP contribution in [0, 0.1) is 0 Å². The average Bonchev–Trinajstić information content (AvgIpc) is 3.35. The number of aromatic nitrogens is 1. The van der Waals surface area contributed by atoms with Crippen molar-refractivity contribution in [3.05, 3.63) is 72.2 Å². The lowest BCUT2D eigenvalue weighted by molar-refractivity contribution is 0.321. The first-order valence-corrected chi connectivity index (χ1v) is 10.2. The second-order valence-electron chi connectivity index (χ2n) is 6.94. The van der Waals surface area contributed by atoms with Crippen LogP contribution in [0.25, 0.3) is 11.3 Å². The van der Waals surface area contributed by atoms with Crippen molar-refractivity contribution in [2.24, 2.45) is 0 Å². The first-order valence-electron chi connectivity index (χ1n) is 8.67. The van der Waals surface area contributed by atoms with Crippen molar-refractivity contribution in [1.29, 1.82) is 0 Å². The Kier molecular flexibility index (Phi) is 3.52. The highest BCUT2D eigenvalue weighted by Crippen LogP contribution is 2.46. The van der Waals surface area contributed by atoms with Gasteiger partial charge in [0.2, 0.25) is 0 Å². The molecule has 2 aliphatic heterocycles. The maximum atomic E-state index is 13.0. The Labute approximate surface area is 152 Å². The van der Waals surface area contributed by atoms with Gasteiger partial charge in [-0.1, -0.05) is 6.07 Å². The smallest absolute Gasteiger partial charge is 0.183 e. The molecule has 132 valence electrons. The third-order valence-corrected chi connectivity index (χ3v) is 7.63. The standard InChI is InChI=1S/C20H18N2O3S/c23-26(24)19-7-6-14(18-5-3-9-25-18)10-16(19)17-12-22(13-20(17)26)11-15-4-1-2-8-21-15/h1-10,17,20H,11-13H2. The zero-order chi connectivity index (χ0) is 17.7. The summed E-state index contributed by atoms with van der Waals surface area (Å²) in [4.78, 5) is 7.04. The van der Waals surface area contributed by atoms with E-state index in [-0.39, 0.29) is 11.2 Å². The maximum Gasteiger partial charge on any atom is 0.183 e. The molecule has 5 rings (SSSR count). The molecule has 0 saturated carbocycles. The molecule has 2 aliphatic rings. The number of rotatable bonds is 3. The van der Waals surface area contributed by atoms with Crippen LogP contribution in [0.15, 0.2) is 70.3 Å². The van der Waals surface area contributed by atoms with Crippen LogP contribution >= 0.6 is 0 Å². The largest absolute Gasteiger partial charge is 0.464 e. The molecule has 0 radical (unpaired) electrons. The van der Waals surface area contributed by atoms with Gasteiger partial charge < -0.3 is 4.42 Å². The molecular weight excluding hydrogens is 348 g/mol. The Bertz CT molecular complexity index is 1050. The first kappa shape index (κ1) is 15.8. The third kappa shape index (κ3) is 2.40. The zero-order valence-corrected chi connectivity index (χ0v) is 14.9. The number of benzene rings is 1. The van der Waals surface area contributed by atoms with E-state index in [1.807, 2.05) is 42.5 Å². The average molecular weight is 366 g/mol. The van der Waals surface area contributed by atoms with Gasteiger partial charge in [-0.25, -0.2) is 8.42 Å². The molecule has 1 aromatic carbocycles. The van der Waals surface area contributed by atoms with Crippen molar-refractivity contribution in [1.82, 2.24) is 9.88 Å². The van der Waals surface area contributed by atoms with E-state index in [1.54, 1.807) is 18.5 Å². The maximum absolute atomic E-state index is 13.0. The van der Waals surface area contributed by atoms with Crippen molar-refractivity contribution in [3.63, 3.8) is 0 Å². The monoisotopic (exact) mass is 366 g/mol. The Balaban J connectivity index is 1.49. The fourth-order valence-electron chi connectivity index (χ4n) is 4.17. The minimum atomic E-state index is -3.29. The summed E-state index contributed by atoms with van der Waals surface area (Å²) < 4.78 is 31.5. The van der Waals surface area contributed by atoms with Crippen molar-refractivity contribution in [2.45, 2.75) is 22.6 Å². The second-order valence-corrected chi connectivity index (χ2v) is 9.07. The summed E-state index contributed by atoms with van der Waals surface area (Å²) in [5, 5.41) is -0.368. The van der Waals surface area contributed by atoms with Crippen LogP contribution in [0.5, 0.6) is 0 Å². The molecule has 4 heterocycles. The molecule has 2 aromatic heterocycles. The Morgan fingerprint density at radius 2 is 2.04 bits per heavy atom. The minimum absolute atomic E-state index is 0.00799. The van der Waals surface area contributed by atoms with E-state index < -0.39 is 9.84 Å². The Hall–Kier alpha value is -2.44. The number of likely N-dealkylation sites (tertiary alicyclic amines) is 1. The van der Waals surface area contributed by atoms with Crippen LogP contribution in [0.4, 0.5) is 0 Å². The Morgan fingerprint density at radius 3 is 2.81 bits per heavy atom. The van der Waals surface area contributed by atoms with Gasteiger partial charge in [-0.2, -0.15) is 0 Å². The predicted octanol–water partition coefficient (Wildman–Crippen LogP) is 3.10. The molecule has 1 fully saturated rings. The molecule has 26 heavy (non-hydrogen) atoms. The molecule has 0 aliphatic carbocycles. The lowest BCUT2D eigenvalue weighted by Crippen LogP contribution is -2.26. The molecule has 6 heteroatoms. The molecule has 5 nitrogen and oxygen atoms in total. The van der Waals surface area contributed by atoms with Crippen molar-refractivity contribution in [3.8, 4) is 11.3 Å². The van der Waals surface area contributed by atoms with E-state index in [9.17, 15) is 8.42 Å². The van der Waals surface area contributed by atoms with Gasteiger partial charge in [0.15, 0.2) is 9.84 Å². The van der Waals surface area contributed by atoms with Gasteiger partial charge in [-0.3, -0.25) is 9.88 Å². The van der Waals surface area contributed by atoms with Gasteiger partial charge in [0, 0.05) is 37.3 Å². The number of hydrogen-bond acceptors (Lipinski definition) is 5. The van der Waals surface area contributed by atoms with Crippen LogP contribution in [-0.4, -0.2) is 36.6 Å². The topological polar surface area (TPSA) is 63.4 Å².